The summed E-state index contributed by atoms with van der Waals surface area (Å²) in [6.45, 7) is 6.02. The number of hydrogen-bond donors (Lipinski definition) is 0. The number of rotatable bonds is 8. The number of carbonyl (C=O) groups excluding carboxylic acids is 2. The molecule has 2 aliphatic rings. The van der Waals surface area contributed by atoms with Crippen LogP contribution in [0.4, 0.5) is 0 Å². The van der Waals surface area contributed by atoms with Crippen LogP contribution in [0.3, 0.4) is 0 Å². The second-order valence-corrected chi connectivity index (χ2v) is 10.8. The molecular weight excluding hydrogens is 474 g/mol. The minimum atomic E-state index is 0.0814. The Hall–Kier alpha value is -3.07. The Morgan fingerprint density at radius 2 is 1.94 bits per heavy atom. The molecule has 36 heavy (non-hydrogen) atoms. The van der Waals surface area contributed by atoms with E-state index >= 15 is 0 Å². The fourth-order valence-electron chi connectivity index (χ4n) is 4.91. The van der Waals surface area contributed by atoms with Crippen LogP contribution in [0, 0.1) is 12.8 Å². The molecular formula is C27H33N5O3S. The van der Waals surface area contributed by atoms with Crippen molar-refractivity contribution >= 4 is 23.6 Å². The van der Waals surface area contributed by atoms with Crippen molar-refractivity contribution in [2.24, 2.45) is 5.92 Å². The number of aryl methyl sites for hydroxylation is 1. The average Bonchev–Trinajstić information content (AvgIpc) is 3.51. The smallest absolute Gasteiger partial charge is 0.226 e. The summed E-state index contributed by atoms with van der Waals surface area (Å²) < 4.78 is 7.63. The van der Waals surface area contributed by atoms with Gasteiger partial charge in [0.05, 0.1) is 12.0 Å². The van der Waals surface area contributed by atoms with Gasteiger partial charge in [0.25, 0.3) is 0 Å². The van der Waals surface area contributed by atoms with E-state index in [0.29, 0.717) is 37.6 Å². The third-order valence-electron chi connectivity index (χ3n) is 7.22. The topological polar surface area (TPSA) is 84.5 Å². The minimum absolute atomic E-state index is 0.0814. The van der Waals surface area contributed by atoms with Crippen LogP contribution in [0.2, 0.25) is 0 Å². The van der Waals surface area contributed by atoms with Crippen molar-refractivity contribution in [1.82, 2.24) is 24.6 Å². The van der Waals surface area contributed by atoms with Gasteiger partial charge in [-0.15, -0.1) is 10.2 Å². The van der Waals surface area contributed by atoms with E-state index < -0.39 is 0 Å². The molecule has 0 spiro atoms. The van der Waals surface area contributed by atoms with Crippen LogP contribution < -0.4 is 0 Å². The summed E-state index contributed by atoms with van der Waals surface area (Å²) in [6.07, 6.45) is 6.06. The molecule has 190 valence electrons. The first-order valence-electron chi connectivity index (χ1n) is 12.8. The highest BCUT2D eigenvalue weighted by Crippen LogP contribution is 2.31. The number of piperazine rings is 1. The molecule has 2 aromatic heterocycles. The SMILES string of the molecule is Cc1ccccc1-n1c(SCCCC(=O)N2CCN(C(=O)C3CCC3)C(C)C2)nnc1-c1ccco1. The lowest BCUT2D eigenvalue weighted by Gasteiger charge is -2.42. The Kier molecular flexibility index (Phi) is 7.46. The number of carbonyl (C=O) groups is 2. The van der Waals surface area contributed by atoms with Crippen LogP contribution in [-0.4, -0.2) is 67.8 Å². The molecule has 1 saturated heterocycles. The van der Waals surface area contributed by atoms with Crippen molar-refractivity contribution in [3.63, 3.8) is 0 Å². The number of benzene rings is 1. The minimum Gasteiger partial charge on any atom is -0.461 e. The van der Waals surface area contributed by atoms with Gasteiger partial charge < -0.3 is 14.2 Å². The zero-order chi connectivity index (χ0) is 25.1. The molecule has 1 aromatic carbocycles. The maximum atomic E-state index is 12.9. The second-order valence-electron chi connectivity index (χ2n) is 9.71. The van der Waals surface area contributed by atoms with Crippen LogP contribution in [0.1, 0.15) is 44.6 Å². The monoisotopic (exact) mass is 507 g/mol. The fraction of sp³-hybridized carbons (Fsp3) is 0.481. The van der Waals surface area contributed by atoms with Gasteiger partial charge in [-0.25, -0.2) is 0 Å². The lowest BCUT2D eigenvalue weighted by Crippen LogP contribution is -2.57. The Bertz CT molecular complexity index is 1200. The van der Waals surface area contributed by atoms with Crippen molar-refractivity contribution in [2.45, 2.75) is 57.1 Å². The first-order valence-corrected chi connectivity index (χ1v) is 13.8. The summed E-state index contributed by atoms with van der Waals surface area (Å²) in [4.78, 5) is 29.4. The summed E-state index contributed by atoms with van der Waals surface area (Å²) in [5, 5.41) is 9.62. The Morgan fingerprint density at radius 1 is 1.11 bits per heavy atom. The van der Waals surface area contributed by atoms with Crippen molar-refractivity contribution in [1.29, 1.82) is 0 Å². The number of thioether (sulfide) groups is 1. The van der Waals surface area contributed by atoms with E-state index in [1.54, 1.807) is 18.0 Å². The average molecular weight is 508 g/mol. The summed E-state index contributed by atoms with van der Waals surface area (Å²) in [6, 6.07) is 11.9. The molecule has 1 atom stereocenters. The van der Waals surface area contributed by atoms with Crippen LogP contribution in [-0.2, 0) is 9.59 Å². The van der Waals surface area contributed by atoms with E-state index in [2.05, 4.69) is 36.2 Å². The number of furan rings is 1. The molecule has 0 N–H and O–H groups in total. The zero-order valence-electron chi connectivity index (χ0n) is 20.9. The Morgan fingerprint density at radius 3 is 2.64 bits per heavy atom. The van der Waals surface area contributed by atoms with Crippen LogP contribution >= 0.6 is 11.8 Å². The highest BCUT2D eigenvalue weighted by Gasteiger charge is 2.35. The predicted octanol–water partition coefficient (Wildman–Crippen LogP) is 4.57. The molecule has 1 saturated carbocycles. The number of hydrogen-bond acceptors (Lipinski definition) is 6. The van der Waals surface area contributed by atoms with E-state index in [-0.39, 0.29) is 23.8 Å². The fourth-order valence-corrected chi connectivity index (χ4v) is 5.79. The standard InChI is InChI=1S/C27H33N5O3S/c1-19-8-3-4-11-22(19)32-25(23-12-6-16-35-23)28-29-27(32)36-17-7-13-24(33)30-14-15-31(20(2)18-30)26(34)21-9-5-10-21/h3-4,6,8,11-12,16,20-21H,5,7,9-10,13-15,17-18H2,1-2H3. The summed E-state index contributed by atoms with van der Waals surface area (Å²) >= 11 is 1.60. The van der Waals surface area contributed by atoms with Gasteiger partial charge in [0.2, 0.25) is 17.6 Å². The lowest BCUT2D eigenvalue weighted by molar-refractivity contribution is -0.147. The largest absolute Gasteiger partial charge is 0.461 e. The maximum Gasteiger partial charge on any atom is 0.226 e. The van der Waals surface area contributed by atoms with E-state index in [1.807, 2.05) is 38.6 Å². The molecule has 1 aliphatic heterocycles. The first kappa shape index (κ1) is 24.6. The molecule has 3 heterocycles. The van der Waals surface area contributed by atoms with E-state index in [4.69, 9.17) is 4.42 Å². The van der Waals surface area contributed by atoms with Gasteiger partial charge in [0.15, 0.2) is 10.9 Å². The Balaban J connectivity index is 1.17. The van der Waals surface area contributed by atoms with E-state index in [0.717, 1.165) is 47.8 Å². The highest BCUT2D eigenvalue weighted by molar-refractivity contribution is 7.99. The summed E-state index contributed by atoms with van der Waals surface area (Å²) in [5.41, 5.74) is 2.13. The van der Waals surface area contributed by atoms with Crippen molar-refractivity contribution in [3.05, 3.63) is 48.2 Å². The van der Waals surface area contributed by atoms with Crippen molar-refractivity contribution in [3.8, 4) is 17.3 Å². The van der Waals surface area contributed by atoms with E-state index in [9.17, 15) is 9.59 Å². The molecule has 1 aliphatic carbocycles. The third-order valence-corrected chi connectivity index (χ3v) is 8.23. The molecule has 8 nitrogen and oxygen atoms in total. The van der Waals surface area contributed by atoms with Crippen molar-refractivity contribution in [2.75, 3.05) is 25.4 Å². The molecule has 2 amide bonds. The van der Waals surface area contributed by atoms with Crippen molar-refractivity contribution < 1.29 is 14.0 Å². The first-order chi connectivity index (χ1) is 17.5. The molecule has 0 radical (unpaired) electrons. The van der Waals surface area contributed by atoms with E-state index in [1.165, 1.54) is 0 Å². The number of nitrogens with zero attached hydrogens (tertiary/aromatic N) is 5. The van der Waals surface area contributed by atoms with Crippen LogP contribution in [0.15, 0.2) is 52.2 Å². The summed E-state index contributed by atoms with van der Waals surface area (Å²) in [5.74, 6) is 2.73. The zero-order valence-corrected chi connectivity index (χ0v) is 21.7. The molecule has 0 bridgehead atoms. The second kappa shape index (κ2) is 10.9. The highest BCUT2D eigenvalue weighted by atomic mass is 32.2. The molecule has 2 fully saturated rings. The molecule has 9 heteroatoms. The van der Waals surface area contributed by atoms with Gasteiger partial charge in [-0.2, -0.15) is 0 Å². The number of amides is 2. The van der Waals surface area contributed by atoms with Gasteiger partial charge >= 0.3 is 0 Å². The Labute approximate surface area is 216 Å². The third kappa shape index (κ3) is 5.07. The normalized spacial score (nSPS) is 18.3. The van der Waals surface area contributed by atoms with Gasteiger partial charge in [-0.05, 0) is 56.9 Å². The quantitative estimate of drug-likeness (QED) is 0.328. The lowest BCUT2D eigenvalue weighted by atomic mass is 9.84. The van der Waals surface area contributed by atoms with Gasteiger partial charge in [-0.1, -0.05) is 36.4 Å². The predicted molar refractivity (Wildman–Crippen MR) is 139 cm³/mol. The maximum absolute atomic E-state index is 12.9. The van der Waals surface area contributed by atoms with Gasteiger partial charge in [0.1, 0.15) is 0 Å². The van der Waals surface area contributed by atoms with Crippen LogP contribution in [0.5, 0.6) is 0 Å². The van der Waals surface area contributed by atoms with Gasteiger partial charge in [0, 0.05) is 43.8 Å². The molecule has 5 rings (SSSR count). The number of para-hydroxylation sites is 1. The van der Waals surface area contributed by atoms with Crippen LogP contribution in [0.25, 0.3) is 17.3 Å². The van der Waals surface area contributed by atoms with Gasteiger partial charge in [-0.3, -0.25) is 14.2 Å². The summed E-state index contributed by atoms with van der Waals surface area (Å²) in [7, 11) is 0. The molecule has 3 aromatic rings. The number of aromatic nitrogens is 3. The molecule has 1 unspecified atom stereocenters.